The van der Waals surface area contributed by atoms with Crippen molar-refractivity contribution in [3.63, 3.8) is 0 Å². The van der Waals surface area contributed by atoms with Crippen molar-refractivity contribution in [3.05, 3.63) is 65.0 Å². The van der Waals surface area contributed by atoms with Crippen LogP contribution in [0.2, 0.25) is 0 Å². The van der Waals surface area contributed by atoms with Gasteiger partial charge in [-0.3, -0.25) is 4.79 Å². The number of primary amides is 1. The molecule has 31 heavy (non-hydrogen) atoms. The number of aromatic nitrogens is 1. The Morgan fingerprint density at radius 3 is 2.45 bits per heavy atom. The topological polar surface area (TPSA) is 110 Å². The fourth-order valence-corrected chi connectivity index (χ4v) is 4.08. The van der Waals surface area contributed by atoms with E-state index >= 15 is 0 Å². The first-order chi connectivity index (χ1) is 15.1. The molecule has 1 aliphatic rings. The van der Waals surface area contributed by atoms with E-state index in [2.05, 4.69) is 15.5 Å². The quantitative estimate of drug-likeness (QED) is 0.549. The third kappa shape index (κ3) is 5.39. The van der Waals surface area contributed by atoms with Crippen molar-refractivity contribution in [2.24, 2.45) is 5.73 Å². The minimum absolute atomic E-state index is 0.203. The van der Waals surface area contributed by atoms with Gasteiger partial charge >= 0.3 is 6.03 Å². The molecule has 0 aliphatic carbocycles. The van der Waals surface area contributed by atoms with Crippen molar-refractivity contribution >= 4 is 34.1 Å². The number of rotatable bonds is 6. The van der Waals surface area contributed by atoms with Crippen LogP contribution in [0.1, 0.15) is 15.9 Å². The highest BCUT2D eigenvalue weighted by molar-refractivity contribution is 7.14. The third-order valence-electron chi connectivity index (χ3n) is 4.90. The smallest absolute Gasteiger partial charge is 0.312 e. The molecule has 0 spiro atoms. The second kappa shape index (κ2) is 9.59. The summed E-state index contributed by atoms with van der Waals surface area (Å²) >= 11 is 1.63. The molecular weight excluding hydrogens is 414 g/mol. The van der Waals surface area contributed by atoms with Crippen molar-refractivity contribution < 1.29 is 14.3 Å². The number of urea groups is 1. The molecule has 0 bridgehead atoms. The predicted octanol–water partition coefficient (Wildman–Crippen LogP) is 3.07. The summed E-state index contributed by atoms with van der Waals surface area (Å²) < 4.78 is 5.40. The summed E-state index contributed by atoms with van der Waals surface area (Å²) in [5, 5.41) is 8.46. The Morgan fingerprint density at radius 1 is 1.06 bits per heavy atom. The van der Waals surface area contributed by atoms with E-state index in [4.69, 9.17) is 15.5 Å². The van der Waals surface area contributed by atoms with Gasteiger partial charge in [-0.25, -0.2) is 9.78 Å². The molecule has 4 N–H and O–H groups in total. The number of anilines is 2. The fraction of sp³-hybridized carbons (Fsp3) is 0.227. The molecule has 0 saturated carbocycles. The lowest BCUT2D eigenvalue weighted by atomic mass is 10.1. The molecule has 0 unspecified atom stereocenters. The molecule has 9 heteroatoms. The summed E-state index contributed by atoms with van der Waals surface area (Å²) in [5.74, 6) is -0.203. The highest BCUT2D eigenvalue weighted by Gasteiger charge is 2.15. The SMILES string of the molecule is NC(=O)NCc1ccc(C(=O)Nc2ccc(-c3csc(N4CCOCC4)n3)cc2)cc1. The van der Waals surface area contributed by atoms with Crippen LogP contribution in [0, 0.1) is 0 Å². The average Bonchev–Trinajstić information content (AvgIpc) is 3.29. The van der Waals surface area contributed by atoms with Gasteiger partial charge in [0.05, 0.1) is 18.9 Å². The van der Waals surface area contributed by atoms with E-state index in [0.717, 1.165) is 48.3 Å². The first-order valence-corrected chi connectivity index (χ1v) is 10.8. The van der Waals surface area contributed by atoms with Crippen LogP contribution < -0.4 is 21.3 Å². The molecule has 1 aliphatic heterocycles. The number of nitrogens with one attached hydrogen (secondary N) is 2. The van der Waals surface area contributed by atoms with E-state index in [1.165, 1.54) is 0 Å². The van der Waals surface area contributed by atoms with Crippen molar-refractivity contribution in [1.82, 2.24) is 10.3 Å². The number of carbonyl (C=O) groups is 2. The zero-order valence-corrected chi connectivity index (χ0v) is 17.7. The van der Waals surface area contributed by atoms with Gasteiger partial charge in [-0.1, -0.05) is 24.3 Å². The number of hydrogen-bond acceptors (Lipinski definition) is 6. The molecular formula is C22H23N5O3S. The molecule has 0 radical (unpaired) electrons. The van der Waals surface area contributed by atoms with Gasteiger partial charge in [0.2, 0.25) is 0 Å². The van der Waals surface area contributed by atoms with E-state index < -0.39 is 6.03 Å². The lowest BCUT2D eigenvalue weighted by Crippen LogP contribution is -2.36. The van der Waals surface area contributed by atoms with E-state index in [1.54, 1.807) is 35.6 Å². The van der Waals surface area contributed by atoms with E-state index in [0.29, 0.717) is 17.8 Å². The molecule has 1 saturated heterocycles. The van der Waals surface area contributed by atoms with Gasteiger partial charge in [-0.15, -0.1) is 11.3 Å². The lowest BCUT2D eigenvalue weighted by Gasteiger charge is -2.26. The molecule has 0 atom stereocenters. The minimum atomic E-state index is -0.583. The van der Waals surface area contributed by atoms with Crippen LogP contribution in [0.5, 0.6) is 0 Å². The number of hydrogen-bond donors (Lipinski definition) is 3. The number of nitrogens with zero attached hydrogens (tertiary/aromatic N) is 2. The summed E-state index contributed by atoms with van der Waals surface area (Å²) in [6, 6.07) is 14.0. The molecule has 3 amide bonds. The Bertz CT molecular complexity index is 1040. The van der Waals surface area contributed by atoms with E-state index in [9.17, 15) is 9.59 Å². The van der Waals surface area contributed by atoms with Gasteiger partial charge in [-0.2, -0.15) is 0 Å². The normalized spacial score (nSPS) is 13.6. The number of benzene rings is 2. The standard InChI is InChI=1S/C22H23N5O3S/c23-21(29)24-13-15-1-3-17(4-2-15)20(28)25-18-7-5-16(6-8-18)19-14-31-22(26-19)27-9-11-30-12-10-27/h1-8,14H,9-13H2,(H,25,28)(H3,23,24,29). The van der Waals surface area contributed by atoms with Gasteiger partial charge in [0, 0.05) is 41.8 Å². The minimum Gasteiger partial charge on any atom is -0.378 e. The zero-order valence-electron chi connectivity index (χ0n) is 16.8. The third-order valence-corrected chi connectivity index (χ3v) is 5.80. The molecule has 3 aromatic rings. The van der Waals surface area contributed by atoms with Gasteiger partial charge < -0.3 is 26.0 Å². The molecule has 4 rings (SSSR count). The molecule has 160 valence electrons. The van der Waals surface area contributed by atoms with Crippen LogP contribution in [0.4, 0.5) is 15.6 Å². The van der Waals surface area contributed by atoms with Crippen molar-refractivity contribution in [3.8, 4) is 11.3 Å². The van der Waals surface area contributed by atoms with Gasteiger partial charge in [-0.05, 0) is 29.8 Å². The number of nitrogens with two attached hydrogens (primary N) is 1. The second-order valence-corrected chi connectivity index (χ2v) is 7.90. The monoisotopic (exact) mass is 437 g/mol. The van der Waals surface area contributed by atoms with Gasteiger partial charge in [0.15, 0.2) is 5.13 Å². The molecule has 1 fully saturated rings. The summed E-state index contributed by atoms with van der Waals surface area (Å²) in [7, 11) is 0. The Balaban J connectivity index is 1.36. The van der Waals surface area contributed by atoms with Gasteiger partial charge in [0.25, 0.3) is 5.91 Å². The average molecular weight is 438 g/mol. The summed E-state index contributed by atoms with van der Waals surface area (Å²) in [5.41, 5.74) is 9.08. The number of morpholine rings is 1. The van der Waals surface area contributed by atoms with Crippen molar-refractivity contribution in [1.29, 1.82) is 0 Å². The number of thiazole rings is 1. The highest BCUT2D eigenvalue weighted by atomic mass is 32.1. The molecule has 2 aromatic carbocycles. The van der Waals surface area contributed by atoms with E-state index in [1.807, 2.05) is 29.6 Å². The molecule has 1 aromatic heterocycles. The Labute approximate surface area is 184 Å². The maximum absolute atomic E-state index is 12.5. The van der Waals surface area contributed by atoms with Crippen LogP contribution in [-0.2, 0) is 11.3 Å². The number of carbonyl (C=O) groups excluding carboxylic acids is 2. The van der Waals surface area contributed by atoms with Crippen LogP contribution in [0.25, 0.3) is 11.3 Å². The zero-order chi connectivity index (χ0) is 21.6. The Morgan fingerprint density at radius 2 is 1.77 bits per heavy atom. The lowest BCUT2D eigenvalue weighted by molar-refractivity contribution is 0.102. The molecule has 2 heterocycles. The highest BCUT2D eigenvalue weighted by Crippen LogP contribution is 2.28. The van der Waals surface area contributed by atoms with Gasteiger partial charge in [0.1, 0.15) is 0 Å². The van der Waals surface area contributed by atoms with E-state index in [-0.39, 0.29) is 5.91 Å². The first-order valence-electron chi connectivity index (χ1n) is 9.91. The maximum atomic E-state index is 12.5. The van der Waals surface area contributed by atoms with Crippen LogP contribution in [0.15, 0.2) is 53.9 Å². The largest absolute Gasteiger partial charge is 0.378 e. The molecule has 8 nitrogen and oxygen atoms in total. The first kappa shape index (κ1) is 20.8. The second-order valence-electron chi connectivity index (χ2n) is 7.06. The van der Waals surface area contributed by atoms with Crippen molar-refractivity contribution in [2.75, 3.05) is 36.5 Å². The van der Waals surface area contributed by atoms with Crippen LogP contribution >= 0.6 is 11.3 Å². The number of amides is 3. The van der Waals surface area contributed by atoms with Crippen LogP contribution in [-0.4, -0.2) is 43.2 Å². The van der Waals surface area contributed by atoms with Crippen molar-refractivity contribution in [2.45, 2.75) is 6.54 Å². The summed E-state index contributed by atoms with van der Waals surface area (Å²) in [4.78, 5) is 30.3. The Kier molecular flexibility index (Phi) is 6.44. The van der Waals surface area contributed by atoms with Crippen LogP contribution in [0.3, 0.4) is 0 Å². The Hall–Kier alpha value is -3.43. The predicted molar refractivity (Wildman–Crippen MR) is 121 cm³/mol. The summed E-state index contributed by atoms with van der Waals surface area (Å²) in [6.07, 6.45) is 0. The fourth-order valence-electron chi connectivity index (χ4n) is 3.19. The summed E-state index contributed by atoms with van der Waals surface area (Å²) in [6.45, 7) is 3.51. The number of ether oxygens (including phenoxy) is 1. The maximum Gasteiger partial charge on any atom is 0.312 e.